The maximum atomic E-state index is 11.5. The second-order valence-corrected chi connectivity index (χ2v) is 8.71. The molecule has 8 heteroatoms. The number of hydrogen-bond acceptors (Lipinski definition) is 6. The molecule has 1 aliphatic heterocycles. The van der Waals surface area contributed by atoms with Gasteiger partial charge in [0.2, 0.25) is 5.95 Å². The molecule has 24 heavy (non-hydrogen) atoms. The van der Waals surface area contributed by atoms with Crippen molar-refractivity contribution in [2.24, 2.45) is 0 Å². The topological polar surface area (TPSA) is 84.0 Å². The summed E-state index contributed by atoms with van der Waals surface area (Å²) in [6, 6.07) is 5.52. The smallest absolute Gasteiger partial charge is 0.229 e. The van der Waals surface area contributed by atoms with Crippen molar-refractivity contribution in [2.45, 2.75) is 26.3 Å². The van der Waals surface area contributed by atoms with E-state index in [9.17, 15) is 8.42 Å². The lowest BCUT2D eigenvalue weighted by Gasteiger charge is -2.14. The van der Waals surface area contributed by atoms with E-state index in [0.29, 0.717) is 23.2 Å². The molecular weight excluding hydrogens is 348 g/mol. The molecule has 2 N–H and O–H groups in total. The minimum Gasteiger partial charge on any atom is -0.366 e. The number of hydrogen-bond donors (Lipinski definition) is 2. The van der Waals surface area contributed by atoms with Crippen molar-refractivity contribution in [1.82, 2.24) is 9.97 Å². The van der Waals surface area contributed by atoms with Gasteiger partial charge >= 0.3 is 0 Å². The first-order valence-electron chi connectivity index (χ1n) is 7.66. The van der Waals surface area contributed by atoms with Crippen molar-refractivity contribution in [2.75, 3.05) is 22.1 Å². The highest BCUT2D eigenvalue weighted by molar-refractivity contribution is 7.91. The molecule has 0 radical (unpaired) electrons. The molecule has 6 nitrogen and oxygen atoms in total. The fraction of sp³-hybridized carbons (Fsp3) is 0.375. The molecule has 0 amide bonds. The molecule has 0 aliphatic carbocycles. The zero-order valence-corrected chi connectivity index (χ0v) is 15.1. The predicted octanol–water partition coefficient (Wildman–Crippen LogP) is 3.09. The molecule has 1 fully saturated rings. The minimum atomic E-state index is -2.93. The van der Waals surface area contributed by atoms with Crippen LogP contribution < -0.4 is 10.6 Å². The Morgan fingerprint density at radius 2 is 2.08 bits per heavy atom. The molecule has 0 bridgehead atoms. The second kappa shape index (κ2) is 6.57. The third-order valence-corrected chi connectivity index (χ3v) is 5.97. The average molecular weight is 367 g/mol. The van der Waals surface area contributed by atoms with Crippen LogP contribution in [-0.4, -0.2) is 35.9 Å². The molecule has 1 aliphatic rings. The Balaban J connectivity index is 1.77. The average Bonchev–Trinajstić information content (AvgIpc) is 2.82. The highest BCUT2D eigenvalue weighted by Gasteiger charge is 2.27. The molecule has 1 unspecified atom stereocenters. The number of aromatic nitrogens is 2. The van der Waals surface area contributed by atoms with Crippen LogP contribution in [0.2, 0.25) is 5.02 Å². The van der Waals surface area contributed by atoms with E-state index in [0.717, 1.165) is 16.8 Å². The van der Waals surface area contributed by atoms with Gasteiger partial charge in [-0.2, -0.15) is 4.98 Å². The fourth-order valence-corrected chi connectivity index (χ4v) is 4.84. The molecular formula is C16H19ClN4O2S. The van der Waals surface area contributed by atoms with Gasteiger partial charge in [0.25, 0.3) is 0 Å². The van der Waals surface area contributed by atoms with E-state index in [-0.39, 0.29) is 17.5 Å². The number of nitrogens with one attached hydrogen (secondary N) is 2. The summed E-state index contributed by atoms with van der Waals surface area (Å²) >= 11 is 6.29. The molecule has 128 valence electrons. The maximum absolute atomic E-state index is 11.5. The summed E-state index contributed by atoms with van der Waals surface area (Å²) in [6.07, 6.45) is 2.22. The van der Waals surface area contributed by atoms with Gasteiger partial charge in [-0.15, -0.1) is 0 Å². The van der Waals surface area contributed by atoms with Crippen LogP contribution >= 0.6 is 11.6 Å². The summed E-state index contributed by atoms with van der Waals surface area (Å²) < 4.78 is 23.1. The zero-order valence-electron chi connectivity index (χ0n) is 13.5. The Morgan fingerprint density at radius 3 is 2.75 bits per heavy atom. The van der Waals surface area contributed by atoms with Crippen molar-refractivity contribution in [3.63, 3.8) is 0 Å². The SMILES string of the molecule is Cc1cc(C)c(Nc2nccc(NC3CCS(=O)(=O)C3)n2)c(Cl)c1. The molecule has 2 aromatic rings. The molecule has 0 spiro atoms. The van der Waals surface area contributed by atoms with Gasteiger partial charge in [0, 0.05) is 12.2 Å². The van der Waals surface area contributed by atoms with E-state index >= 15 is 0 Å². The predicted molar refractivity (Wildman–Crippen MR) is 96.9 cm³/mol. The number of anilines is 3. The van der Waals surface area contributed by atoms with E-state index < -0.39 is 9.84 Å². The Bertz CT molecular complexity index is 847. The van der Waals surface area contributed by atoms with Crippen LogP contribution in [0, 0.1) is 13.8 Å². The van der Waals surface area contributed by atoms with Crippen molar-refractivity contribution in [3.8, 4) is 0 Å². The Kier molecular flexibility index (Phi) is 4.64. The normalized spacial score (nSPS) is 19.2. The molecule has 1 aromatic carbocycles. The fourth-order valence-electron chi connectivity index (χ4n) is 2.80. The van der Waals surface area contributed by atoms with Crippen LogP contribution in [-0.2, 0) is 9.84 Å². The lowest BCUT2D eigenvalue weighted by molar-refractivity contribution is 0.602. The molecule has 3 rings (SSSR count). The van der Waals surface area contributed by atoms with Gasteiger partial charge in [0.1, 0.15) is 5.82 Å². The summed E-state index contributed by atoms with van der Waals surface area (Å²) in [6.45, 7) is 3.95. The van der Waals surface area contributed by atoms with Gasteiger partial charge in [-0.1, -0.05) is 17.7 Å². The third kappa shape index (κ3) is 3.96. The highest BCUT2D eigenvalue weighted by atomic mass is 35.5. The summed E-state index contributed by atoms with van der Waals surface area (Å²) in [5.74, 6) is 1.37. The minimum absolute atomic E-state index is 0.109. The Labute approximate surface area is 146 Å². The van der Waals surface area contributed by atoms with E-state index in [1.54, 1.807) is 12.3 Å². The Morgan fingerprint density at radius 1 is 1.29 bits per heavy atom. The zero-order chi connectivity index (χ0) is 17.3. The lowest BCUT2D eigenvalue weighted by atomic mass is 10.1. The standard InChI is InChI=1S/C16H19ClN4O2S/c1-10-7-11(2)15(13(17)8-10)21-16-18-5-3-14(20-16)19-12-4-6-24(22,23)9-12/h3,5,7-8,12H,4,6,9H2,1-2H3,(H2,18,19,20,21). The van der Waals surface area contributed by atoms with Crippen molar-refractivity contribution in [1.29, 1.82) is 0 Å². The summed E-state index contributed by atoms with van der Waals surface area (Å²) in [5, 5.41) is 6.90. The first-order chi connectivity index (χ1) is 11.3. The van der Waals surface area contributed by atoms with Crippen LogP contribution in [0.25, 0.3) is 0 Å². The molecule has 0 saturated carbocycles. The number of nitrogens with zero attached hydrogens (tertiary/aromatic N) is 2. The van der Waals surface area contributed by atoms with Gasteiger partial charge in [0.15, 0.2) is 9.84 Å². The lowest BCUT2D eigenvalue weighted by Crippen LogP contribution is -2.21. The third-order valence-electron chi connectivity index (χ3n) is 3.91. The second-order valence-electron chi connectivity index (χ2n) is 6.07. The van der Waals surface area contributed by atoms with Crippen LogP contribution in [0.4, 0.5) is 17.5 Å². The van der Waals surface area contributed by atoms with Crippen molar-refractivity contribution < 1.29 is 8.42 Å². The van der Waals surface area contributed by atoms with Crippen molar-refractivity contribution >= 4 is 38.9 Å². The van der Waals surface area contributed by atoms with Crippen LogP contribution in [0.15, 0.2) is 24.4 Å². The van der Waals surface area contributed by atoms with E-state index in [2.05, 4.69) is 20.6 Å². The summed E-state index contributed by atoms with van der Waals surface area (Å²) in [5.41, 5.74) is 2.86. The monoisotopic (exact) mass is 366 g/mol. The van der Waals surface area contributed by atoms with Crippen LogP contribution in [0.5, 0.6) is 0 Å². The largest absolute Gasteiger partial charge is 0.366 e. The van der Waals surface area contributed by atoms with Crippen LogP contribution in [0.3, 0.4) is 0 Å². The van der Waals surface area contributed by atoms with Gasteiger partial charge in [-0.05, 0) is 43.5 Å². The van der Waals surface area contributed by atoms with Gasteiger partial charge in [0.05, 0.1) is 22.2 Å². The molecule has 1 saturated heterocycles. The van der Waals surface area contributed by atoms with Crippen molar-refractivity contribution in [3.05, 3.63) is 40.5 Å². The molecule has 1 atom stereocenters. The number of rotatable bonds is 4. The van der Waals surface area contributed by atoms with Gasteiger partial charge < -0.3 is 10.6 Å². The molecule has 2 heterocycles. The number of aryl methyl sites for hydroxylation is 2. The summed E-state index contributed by atoms with van der Waals surface area (Å²) in [4.78, 5) is 8.60. The first kappa shape index (κ1) is 17.0. The quantitative estimate of drug-likeness (QED) is 0.865. The molecule has 1 aromatic heterocycles. The maximum Gasteiger partial charge on any atom is 0.229 e. The number of halogens is 1. The van der Waals surface area contributed by atoms with E-state index in [4.69, 9.17) is 11.6 Å². The van der Waals surface area contributed by atoms with Crippen LogP contribution in [0.1, 0.15) is 17.5 Å². The van der Waals surface area contributed by atoms with Gasteiger partial charge in [-0.25, -0.2) is 13.4 Å². The van der Waals surface area contributed by atoms with Gasteiger partial charge in [-0.3, -0.25) is 0 Å². The number of sulfone groups is 1. The summed E-state index contributed by atoms with van der Waals surface area (Å²) in [7, 11) is -2.93. The van der Waals surface area contributed by atoms with E-state index in [1.807, 2.05) is 26.0 Å². The Hall–Kier alpha value is -1.86. The van der Waals surface area contributed by atoms with E-state index in [1.165, 1.54) is 0 Å². The highest BCUT2D eigenvalue weighted by Crippen LogP contribution is 2.29. The number of benzene rings is 1. The first-order valence-corrected chi connectivity index (χ1v) is 9.86.